The van der Waals surface area contributed by atoms with E-state index in [9.17, 15) is 0 Å². The van der Waals surface area contributed by atoms with E-state index in [0.29, 0.717) is 0 Å². The molecule has 0 bridgehead atoms. The van der Waals surface area contributed by atoms with Crippen LogP contribution in [-0.2, 0) is 0 Å². The van der Waals surface area contributed by atoms with Crippen molar-refractivity contribution in [3.05, 3.63) is 52.5 Å². The molecule has 0 saturated heterocycles. The Kier molecular flexibility index (Phi) is 2.96. The first kappa shape index (κ1) is 10.2. The van der Waals surface area contributed by atoms with E-state index in [1.165, 1.54) is 27.5 Å². The molecule has 1 aromatic carbocycles. The van der Waals surface area contributed by atoms with E-state index in [4.69, 9.17) is 0 Å². The summed E-state index contributed by atoms with van der Waals surface area (Å²) in [6, 6.07) is 6.49. The number of halogens is 1. The van der Waals surface area contributed by atoms with Gasteiger partial charge in [-0.1, -0.05) is 18.2 Å². The van der Waals surface area contributed by atoms with Crippen LogP contribution in [0.1, 0.15) is 35.8 Å². The van der Waals surface area contributed by atoms with Crippen molar-refractivity contribution in [1.29, 1.82) is 0 Å². The molecular weight excluding hydrogens is 283 g/mol. The van der Waals surface area contributed by atoms with E-state index in [0.717, 1.165) is 5.92 Å². The van der Waals surface area contributed by atoms with Gasteiger partial charge in [-0.15, -0.1) is 6.58 Å². The highest BCUT2D eigenvalue weighted by Gasteiger charge is 2.28. The van der Waals surface area contributed by atoms with Crippen LogP contribution in [0, 0.1) is 10.5 Å². The Labute approximate surface area is 99.6 Å². The number of hydrogen-bond acceptors (Lipinski definition) is 0. The summed E-state index contributed by atoms with van der Waals surface area (Å²) in [7, 11) is 0. The third kappa shape index (κ3) is 1.88. The molecule has 1 aliphatic rings. The van der Waals surface area contributed by atoms with Crippen molar-refractivity contribution in [3.8, 4) is 0 Å². The Morgan fingerprint density at radius 1 is 1.43 bits per heavy atom. The second-order valence-electron chi connectivity index (χ2n) is 3.86. The summed E-state index contributed by atoms with van der Waals surface area (Å²) in [5, 5.41) is 0. The summed E-state index contributed by atoms with van der Waals surface area (Å²) in [6.07, 6.45) is 4.62. The fourth-order valence-electron chi connectivity index (χ4n) is 1.81. The first-order valence-corrected chi connectivity index (χ1v) is 6.06. The molecule has 0 nitrogen and oxygen atoms in total. The smallest absolute Gasteiger partial charge is 0.0168 e. The molecule has 73 valence electrons. The average molecular weight is 297 g/mol. The normalized spacial score (nSPS) is 17.9. The van der Waals surface area contributed by atoms with Crippen LogP contribution >= 0.6 is 22.6 Å². The number of rotatable bonds is 3. The van der Waals surface area contributed by atoms with Gasteiger partial charge in [-0.2, -0.15) is 0 Å². The predicted octanol–water partition coefficient (Wildman–Crippen LogP) is 4.27. The number of hydrogen-bond donors (Lipinski definition) is 0. The Balaban J connectivity index is 2.46. The molecule has 0 heterocycles. The molecule has 0 spiro atoms. The molecule has 2 rings (SSSR count). The quantitative estimate of drug-likeness (QED) is 0.577. The lowest BCUT2D eigenvalue weighted by Gasteiger charge is -2.14. The molecule has 1 unspecified atom stereocenters. The number of benzene rings is 1. The average Bonchev–Trinajstić information content (AvgIpc) is 3.00. The minimum Gasteiger partial charge on any atom is -0.102 e. The Morgan fingerprint density at radius 3 is 2.71 bits per heavy atom. The van der Waals surface area contributed by atoms with Gasteiger partial charge in [-0.3, -0.25) is 0 Å². The van der Waals surface area contributed by atoms with E-state index < -0.39 is 0 Å². The molecule has 1 heteroatoms. The maximum absolute atomic E-state index is 4.12. The molecule has 1 radical (unpaired) electrons. The van der Waals surface area contributed by atoms with Gasteiger partial charge >= 0.3 is 0 Å². The van der Waals surface area contributed by atoms with E-state index in [2.05, 4.69) is 54.3 Å². The molecule has 0 aromatic heterocycles. The van der Waals surface area contributed by atoms with Crippen LogP contribution in [0.3, 0.4) is 0 Å². The van der Waals surface area contributed by atoms with E-state index in [1.807, 2.05) is 6.08 Å². The summed E-state index contributed by atoms with van der Waals surface area (Å²) in [5.74, 6) is 1.03. The van der Waals surface area contributed by atoms with Gasteiger partial charge in [-0.05, 0) is 65.5 Å². The second-order valence-corrected chi connectivity index (χ2v) is 5.02. The topological polar surface area (TPSA) is 0 Å². The van der Waals surface area contributed by atoms with Crippen molar-refractivity contribution in [2.24, 2.45) is 0 Å². The maximum Gasteiger partial charge on any atom is 0.0168 e. The Bertz CT molecular complexity index is 350. The second kappa shape index (κ2) is 4.05. The fourth-order valence-corrected chi connectivity index (χ4v) is 2.77. The highest BCUT2D eigenvalue weighted by molar-refractivity contribution is 14.1. The van der Waals surface area contributed by atoms with Gasteiger partial charge in [0.05, 0.1) is 0 Å². The molecule has 1 atom stereocenters. The van der Waals surface area contributed by atoms with Gasteiger partial charge < -0.3 is 0 Å². The first-order chi connectivity index (χ1) is 6.74. The maximum atomic E-state index is 4.12. The van der Waals surface area contributed by atoms with Crippen LogP contribution in [0.15, 0.2) is 30.9 Å². The summed E-state index contributed by atoms with van der Waals surface area (Å²) in [5.41, 5.74) is 2.89. The molecule has 0 amide bonds. The minimum atomic E-state index is 0.236. The lowest BCUT2D eigenvalue weighted by atomic mass is 9.93. The predicted molar refractivity (Wildman–Crippen MR) is 69.4 cm³/mol. The zero-order valence-corrected chi connectivity index (χ0v) is 10.3. The summed E-state index contributed by atoms with van der Waals surface area (Å²) < 4.78 is 1.39. The third-order valence-electron chi connectivity index (χ3n) is 2.76. The van der Waals surface area contributed by atoms with Crippen LogP contribution in [0.4, 0.5) is 0 Å². The number of allylic oxidation sites excluding steroid dienone is 1. The van der Waals surface area contributed by atoms with Crippen molar-refractivity contribution in [2.75, 3.05) is 0 Å². The van der Waals surface area contributed by atoms with E-state index in [1.54, 1.807) is 0 Å². The van der Waals surface area contributed by atoms with Crippen molar-refractivity contribution >= 4 is 22.6 Å². The van der Waals surface area contributed by atoms with Gasteiger partial charge in [0, 0.05) is 9.49 Å². The van der Waals surface area contributed by atoms with Crippen LogP contribution in [0.25, 0.3) is 0 Å². The zero-order valence-electron chi connectivity index (χ0n) is 8.17. The minimum absolute atomic E-state index is 0.236. The molecule has 0 N–H and O–H groups in total. The molecule has 1 fully saturated rings. The van der Waals surface area contributed by atoms with Crippen molar-refractivity contribution in [3.63, 3.8) is 0 Å². The summed E-state index contributed by atoms with van der Waals surface area (Å²) in [6.45, 7) is 7.94. The highest BCUT2D eigenvalue weighted by Crippen LogP contribution is 2.45. The largest absolute Gasteiger partial charge is 0.102 e. The molecular formula is C13H14I. The Hall–Kier alpha value is -0.310. The van der Waals surface area contributed by atoms with Crippen LogP contribution in [-0.4, -0.2) is 0 Å². The SMILES string of the molecule is [CH2]C(C=C)c1cccc(I)c1C1CC1. The molecule has 1 saturated carbocycles. The van der Waals surface area contributed by atoms with E-state index >= 15 is 0 Å². The van der Waals surface area contributed by atoms with Crippen LogP contribution in [0.2, 0.25) is 0 Å². The van der Waals surface area contributed by atoms with Gasteiger partial charge in [0.25, 0.3) is 0 Å². The van der Waals surface area contributed by atoms with Gasteiger partial charge in [0.2, 0.25) is 0 Å². The molecule has 1 aromatic rings. The first-order valence-electron chi connectivity index (χ1n) is 4.98. The monoisotopic (exact) mass is 297 g/mol. The van der Waals surface area contributed by atoms with Crippen molar-refractivity contribution in [2.45, 2.75) is 24.7 Å². The van der Waals surface area contributed by atoms with Crippen molar-refractivity contribution < 1.29 is 0 Å². The van der Waals surface area contributed by atoms with Crippen molar-refractivity contribution in [1.82, 2.24) is 0 Å². The van der Waals surface area contributed by atoms with Gasteiger partial charge in [-0.25, -0.2) is 0 Å². The van der Waals surface area contributed by atoms with E-state index in [-0.39, 0.29) is 5.92 Å². The molecule has 1 aliphatic carbocycles. The lowest BCUT2D eigenvalue weighted by Crippen LogP contribution is -1.98. The highest BCUT2D eigenvalue weighted by atomic mass is 127. The standard InChI is InChI=1S/C13H14I/c1-3-9(2)11-5-4-6-12(14)13(11)10-7-8-10/h3-6,9-10H,1-2,7-8H2. The van der Waals surface area contributed by atoms with Gasteiger partial charge in [0.1, 0.15) is 0 Å². The third-order valence-corrected chi connectivity index (χ3v) is 3.70. The Morgan fingerprint density at radius 2 is 2.14 bits per heavy atom. The summed E-state index contributed by atoms with van der Waals surface area (Å²) in [4.78, 5) is 0. The lowest BCUT2D eigenvalue weighted by molar-refractivity contribution is 0.990. The van der Waals surface area contributed by atoms with Crippen LogP contribution < -0.4 is 0 Å². The van der Waals surface area contributed by atoms with Crippen LogP contribution in [0.5, 0.6) is 0 Å². The molecule has 14 heavy (non-hydrogen) atoms. The fraction of sp³-hybridized carbons (Fsp3) is 0.308. The van der Waals surface area contributed by atoms with Gasteiger partial charge in [0.15, 0.2) is 0 Å². The zero-order chi connectivity index (χ0) is 10.1. The molecule has 0 aliphatic heterocycles. The summed E-state index contributed by atoms with van der Waals surface area (Å²) >= 11 is 2.43.